The summed E-state index contributed by atoms with van der Waals surface area (Å²) in [5.74, 6) is -0.286. The van der Waals surface area contributed by atoms with E-state index in [1.165, 1.54) is 0 Å². The highest BCUT2D eigenvalue weighted by molar-refractivity contribution is 7.12. The van der Waals surface area contributed by atoms with Gasteiger partial charge in [-0.05, 0) is 92.0 Å². The average molecular weight is 507 g/mol. The molecular formula is C29H34N2O4S. The first-order valence-electron chi connectivity index (χ1n) is 12.4. The second kappa shape index (κ2) is 11.3. The Labute approximate surface area is 216 Å². The van der Waals surface area contributed by atoms with Crippen LogP contribution in [0.1, 0.15) is 62.5 Å². The fraction of sp³-hybridized carbons (Fsp3) is 0.379. The maximum absolute atomic E-state index is 13.3. The van der Waals surface area contributed by atoms with Crippen molar-refractivity contribution in [3.8, 4) is 16.9 Å². The van der Waals surface area contributed by atoms with Crippen molar-refractivity contribution in [2.75, 3.05) is 7.11 Å². The highest BCUT2D eigenvalue weighted by Gasteiger charge is 2.28. The maximum Gasteiger partial charge on any atom is 0.306 e. The van der Waals surface area contributed by atoms with Crippen molar-refractivity contribution in [2.24, 2.45) is 11.7 Å². The van der Waals surface area contributed by atoms with Crippen molar-refractivity contribution < 1.29 is 19.4 Å². The zero-order chi connectivity index (χ0) is 25.8. The van der Waals surface area contributed by atoms with Gasteiger partial charge in [-0.25, -0.2) is 0 Å². The molecule has 0 bridgehead atoms. The van der Waals surface area contributed by atoms with E-state index in [-0.39, 0.29) is 17.9 Å². The molecule has 3 aromatic rings. The van der Waals surface area contributed by atoms with Crippen molar-refractivity contribution in [3.05, 3.63) is 74.5 Å². The number of methoxy groups -OCH3 is 1. The summed E-state index contributed by atoms with van der Waals surface area (Å²) in [4.78, 5) is 26.7. The number of carbonyl (C=O) groups is 2. The molecule has 1 saturated carbocycles. The van der Waals surface area contributed by atoms with Crippen LogP contribution in [0.4, 0.5) is 0 Å². The number of nitrogens with one attached hydrogen (secondary N) is 1. The number of amides is 1. The molecule has 0 radical (unpaired) electrons. The molecule has 1 heterocycles. The molecule has 1 aliphatic rings. The number of nitrogens with two attached hydrogens (primary N) is 1. The number of carboxylic acids is 1. The van der Waals surface area contributed by atoms with Gasteiger partial charge in [0.1, 0.15) is 5.75 Å². The molecule has 4 N–H and O–H groups in total. The van der Waals surface area contributed by atoms with Crippen molar-refractivity contribution in [1.29, 1.82) is 0 Å². The van der Waals surface area contributed by atoms with Gasteiger partial charge in [-0.3, -0.25) is 9.59 Å². The van der Waals surface area contributed by atoms with Crippen LogP contribution < -0.4 is 15.8 Å². The molecule has 190 valence electrons. The SMILES string of the molecule is COc1cc(CN)cc(-c2ccc(Cc3c(C)sc(C)c3C(=O)NC3CCC(C(=O)O)CC3)cc2)c1. The van der Waals surface area contributed by atoms with Crippen LogP contribution >= 0.6 is 11.3 Å². The number of carboxylic acid groups (broad SMARTS) is 1. The van der Waals surface area contributed by atoms with Gasteiger partial charge in [0.05, 0.1) is 18.6 Å². The van der Waals surface area contributed by atoms with Gasteiger partial charge in [0, 0.05) is 22.3 Å². The molecule has 1 fully saturated rings. The van der Waals surface area contributed by atoms with Gasteiger partial charge in [-0.15, -0.1) is 11.3 Å². The zero-order valence-electron chi connectivity index (χ0n) is 21.1. The number of ether oxygens (including phenoxy) is 1. The fourth-order valence-electron chi connectivity index (χ4n) is 5.07. The van der Waals surface area contributed by atoms with Crippen LogP contribution in [0, 0.1) is 19.8 Å². The second-order valence-electron chi connectivity index (χ2n) is 9.58. The van der Waals surface area contributed by atoms with Crippen LogP contribution in [0.2, 0.25) is 0 Å². The summed E-state index contributed by atoms with van der Waals surface area (Å²) < 4.78 is 5.42. The van der Waals surface area contributed by atoms with E-state index in [9.17, 15) is 14.7 Å². The standard InChI is InChI=1S/C29H34N2O4S/c1-17-26(27(18(2)36-17)28(32)31-24-10-8-22(9-11-24)29(33)34)14-19-4-6-21(7-5-19)23-12-20(16-30)13-25(15-23)35-3/h4-7,12-13,15,22,24H,8-11,14,16,30H2,1-3H3,(H,31,32)(H,33,34). The first-order valence-corrected chi connectivity index (χ1v) is 13.2. The summed E-state index contributed by atoms with van der Waals surface area (Å²) in [6, 6.07) is 14.5. The predicted octanol–water partition coefficient (Wildman–Crippen LogP) is 5.46. The molecular weight excluding hydrogens is 472 g/mol. The number of hydrogen-bond donors (Lipinski definition) is 3. The molecule has 0 saturated heterocycles. The molecule has 1 aromatic heterocycles. The zero-order valence-corrected chi connectivity index (χ0v) is 21.9. The number of carbonyl (C=O) groups excluding carboxylic acids is 1. The van der Waals surface area contributed by atoms with E-state index < -0.39 is 5.97 Å². The quantitative estimate of drug-likeness (QED) is 0.376. The second-order valence-corrected chi connectivity index (χ2v) is 11.0. The summed E-state index contributed by atoms with van der Waals surface area (Å²) in [6.07, 6.45) is 3.31. The van der Waals surface area contributed by atoms with Crippen molar-refractivity contribution >= 4 is 23.2 Å². The first-order chi connectivity index (χ1) is 17.3. The van der Waals surface area contributed by atoms with Gasteiger partial charge >= 0.3 is 5.97 Å². The van der Waals surface area contributed by atoms with Crippen molar-refractivity contribution in [3.63, 3.8) is 0 Å². The third-order valence-corrected chi connectivity index (χ3v) is 8.19. The largest absolute Gasteiger partial charge is 0.497 e. The Morgan fingerprint density at radius 3 is 2.31 bits per heavy atom. The van der Waals surface area contributed by atoms with Crippen molar-refractivity contribution in [2.45, 2.75) is 58.5 Å². The van der Waals surface area contributed by atoms with E-state index in [1.807, 2.05) is 19.1 Å². The molecule has 4 rings (SSSR count). The molecule has 0 atom stereocenters. The summed E-state index contributed by atoms with van der Waals surface area (Å²) in [5.41, 5.74) is 12.0. The van der Waals surface area contributed by atoms with E-state index >= 15 is 0 Å². The minimum atomic E-state index is -0.733. The van der Waals surface area contributed by atoms with E-state index in [2.05, 4.69) is 42.6 Å². The van der Waals surface area contributed by atoms with Gasteiger partial charge in [-0.2, -0.15) is 0 Å². The van der Waals surface area contributed by atoms with Gasteiger partial charge in [-0.1, -0.05) is 24.3 Å². The Morgan fingerprint density at radius 1 is 1.00 bits per heavy atom. The van der Waals surface area contributed by atoms with E-state index in [4.69, 9.17) is 10.5 Å². The van der Waals surface area contributed by atoms with Crippen LogP contribution in [-0.2, 0) is 17.8 Å². The lowest BCUT2D eigenvalue weighted by Crippen LogP contribution is -2.39. The topological polar surface area (TPSA) is 102 Å². The lowest BCUT2D eigenvalue weighted by molar-refractivity contribution is -0.142. The third-order valence-electron chi connectivity index (χ3n) is 7.13. The molecule has 36 heavy (non-hydrogen) atoms. The summed E-state index contributed by atoms with van der Waals surface area (Å²) in [6.45, 7) is 4.52. The number of aryl methyl sites for hydroxylation is 2. The van der Waals surface area contributed by atoms with E-state index in [0.717, 1.165) is 48.9 Å². The number of thiophene rings is 1. The number of benzene rings is 2. The molecule has 0 aliphatic heterocycles. The normalized spacial score (nSPS) is 17.6. The van der Waals surface area contributed by atoms with Crippen LogP contribution in [-0.4, -0.2) is 30.1 Å². The average Bonchev–Trinajstić information content (AvgIpc) is 3.16. The fourth-order valence-corrected chi connectivity index (χ4v) is 6.14. The van der Waals surface area contributed by atoms with Gasteiger partial charge in [0.15, 0.2) is 0 Å². The highest BCUT2D eigenvalue weighted by atomic mass is 32.1. The molecule has 0 spiro atoms. The monoisotopic (exact) mass is 506 g/mol. The Bertz CT molecular complexity index is 1220. The number of rotatable bonds is 8. The molecule has 1 amide bonds. The van der Waals surface area contributed by atoms with Crippen LogP contribution in [0.15, 0.2) is 42.5 Å². The lowest BCUT2D eigenvalue weighted by atomic mass is 9.86. The Balaban J connectivity index is 1.50. The smallest absolute Gasteiger partial charge is 0.306 e. The highest BCUT2D eigenvalue weighted by Crippen LogP contribution is 2.32. The van der Waals surface area contributed by atoms with Gasteiger partial charge in [0.25, 0.3) is 5.91 Å². The predicted molar refractivity (Wildman–Crippen MR) is 144 cm³/mol. The lowest BCUT2D eigenvalue weighted by Gasteiger charge is -2.27. The van der Waals surface area contributed by atoms with E-state index in [1.54, 1.807) is 18.4 Å². The van der Waals surface area contributed by atoms with Gasteiger partial charge in [0.2, 0.25) is 0 Å². The Hall–Kier alpha value is -3.16. The molecule has 7 heteroatoms. The Morgan fingerprint density at radius 2 is 1.69 bits per heavy atom. The minimum absolute atomic E-state index is 0.0288. The van der Waals surface area contributed by atoms with Crippen LogP contribution in [0.25, 0.3) is 11.1 Å². The molecule has 0 unspecified atom stereocenters. The Kier molecular flexibility index (Phi) is 8.11. The van der Waals surface area contributed by atoms with E-state index in [0.29, 0.717) is 38.6 Å². The maximum atomic E-state index is 13.3. The minimum Gasteiger partial charge on any atom is -0.497 e. The van der Waals surface area contributed by atoms with Crippen LogP contribution in [0.5, 0.6) is 5.75 Å². The summed E-state index contributed by atoms with van der Waals surface area (Å²) in [7, 11) is 1.66. The molecule has 1 aliphatic carbocycles. The molecule has 6 nitrogen and oxygen atoms in total. The summed E-state index contributed by atoms with van der Waals surface area (Å²) in [5, 5.41) is 12.4. The molecule has 2 aromatic carbocycles. The third kappa shape index (κ3) is 5.79. The van der Waals surface area contributed by atoms with Gasteiger partial charge < -0.3 is 20.9 Å². The van der Waals surface area contributed by atoms with Crippen LogP contribution in [0.3, 0.4) is 0 Å². The number of aliphatic carboxylic acids is 1. The first kappa shape index (κ1) is 25.9. The van der Waals surface area contributed by atoms with Crippen molar-refractivity contribution in [1.82, 2.24) is 5.32 Å². The number of hydrogen-bond acceptors (Lipinski definition) is 5. The summed E-state index contributed by atoms with van der Waals surface area (Å²) >= 11 is 1.65.